The van der Waals surface area contributed by atoms with Crippen LogP contribution in [0, 0.1) is 18.3 Å². The Bertz CT molecular complexity index is 887. The Hall–Kier alpha value is -2.93. The number of aryl methyl sites for hydroxylation is 1. The summed E-state index contributed by atoms with van der Waals surface area (Å²) < 4.78 is 11.6. The number of nitrogens with one attached hydrogen (secondary N) is 2. The van der Waals surface area contributed by atoms with Gasteiger partial charge >= 0.3 is 6.03 Å². The summed E-state index contributed by atoms with van der Waals surface area (Å²) >= 11 is 6.07. The van der Waals surface area contributed by atoms with Crippen LogP contribution in [0.2, 0.25) is 5.02 Å². The number of nitriles is 1. The lowest BCUT2D eigenvalue weighted by Crippen LogP contribution is -2.45. The number of halogens is 1. The SMILES string of the molecule is Cc1cnc(NC(=O)Nc2cc(Cl)ccc2OCC2CN(CC#N)CCO2)cn1. The van der Waals surface area contributed by atoms with E-state index in [0.29, 0.717) is 42.0 Å². The summed E-state index contributed by atoms with van der Waals surface area (Å²) in [4.78, 5) is 22.5. The molecule has 1 aromatic carbocycles. The van der Waals surface area contributed by atoms with Crippen molar-refractivity contribution in [1.29, 1.82) is 5.26 Å². The van der Waals surface area contributed by atoms with Gasteiger partial charge in [0.15, 0.2) is 5.82 Å². The Morgan fingerprint density at radius 3 is 3.03 bits per heavy atom. The van der Waals surface area contributed by atoms with Gasteiger partial charge in [-0.15, -0.1) is 0 Å². The second kappa shape index (κ2) is 10.0. The summed E-state index contributed by atoms with van der Waals surface area (Å²) in [6.45, 7) is 4.32. The molecular formula is C19H21ClN6O3. The van der Waals surface area contributed by atoms with E-state index in [0.717, 1.165) is 12.2 Å². The summed E-state index contributed by atoms with van der Waals surface area (Å²) in [5, 5.41) is 14.6. The molecule has 3 rings (SSSR count). The zero-order valence-electron chi connectivity index (χ0n) is 15.9. The molecule has 0 bridgehead atoms. The molecule has 152 valence electrons. The molecule has 1 aliphatic heterocycles. The number of aromatic nitrogens is 2. The largest absolute Gasteiger partial charge is 0.489 e. The lowest BCUT2D eigenvalue weighted by molar-refractivity contribution is -0.0440. The second-order valence-corrected chi connectivity index (χ2v) is 6.90. The van der Waals surface area contributed by atoms with Gasteiger partial charge in [0.25, 0.3) is 0 Å². The van der Waals surface area contributed by atoms with Crippen LogP contribution in [0.15, 0.2) is 30.6 Å². The third-order valence-electron chi connectivity index (χ3n) is 4.15. The van der Waals surface area contributed by atoms with Gasteiger partial charge in [0.2, 0.25) is 0 Å². The number of amides is 2. The van der Waals surface area contributed by atoms with Crippen LogP contribution >= 0.6 is 11.6 Å². The van der Waals surface area contributed by atoms with Crippen molar-refractivity contribution < 1.29 is 14.3 Å². The average molecular weight is 417 g/mol. The van der Waals surface area contributed by atoms with Crippen LogP contribution in [0.3, 0.4) is 0 Å². The van der Waals surface area contributed by atoms with Crippen LogP contribution in [0.25, 0.3) is 0 Å². The molecule has 2 N–H and O–H groups in total. The Balaban J connectivity index is 1.60. The van der Waals surface area contributed by atoms with E-state index in [1.54, 1.807) is 24.4 Å². The molecule has 2 aromatic rings. The van der Waals surface area contributed by atoms with E-state index >= 15 is 0 Å². The van der Waals surface area contributed by atoms with Crippen molar-refractivity contribution in [2.24, 2.45) is 0 Å². The van der Waals surface area contributed by atoms with Crippen LogP contribution in [-0.2, 0) is 4.74 Å². The zero-order chi connectivity index (χ0) is 20.6. The Kier molecular flexibility index (Phi) is 7.19. The van der Waals surface area contributed by atoms with Crippen molar-refractivity contribution in [3.63, 3.8) is 0 Å². The first kappa shape index (κ1) is 20.8. The van der Waals surface area contributed by atoms with Gasteiger partial charge in [-0.05, 0) is 25.1 Å². The molecule has 1 unspecified atom stereocenters. The van der Waals surface area contributed by atoms with Gasteiger partial charge in [0.05, 0.1) is 43.0 Å². The number of hydrogen-bond donors (Lipinski definition) is 2. The first-order valence-corrected chi connectivity index (χ1v) is 9.41. The standard InChI is InChI=1S/C19H21ClN6O3/c1-13-9-23-18(10-22-13)25-19(27)24-16-8-14(20)2-3-17(16)29-12-15-11-26(5-4-21)6-7-28-15/h2-3,8-10,15H,5-7,11-12H2,1H3,(H2,23,24,25,27). The first-order valence-electron chi connectivity index (χ1n) is 9.03. The maximum absolute atomic E-state index is 12.3. The first-order chi connectivity index (χ1) is 14.0. The molecule has 0 saturated carbocycles. The normalized spacial score (nSPS) is 16.7. The number of anilines is 2. The number of urea groups is 1. The van der Waals surface area contributed by atoms with Gasteiger partial charge in [-0.25, -0.2) is 9.78 Å². The van der Waals surface area contributed by atoms with Crippen LogP contribution < -0.4 is 15.4 Å². The lowest BCUT2D eigenvalue weighted by atomic mass is 10.2. The number of rotatable bonds is 6. The summed E-state index contributed by atoms with van der Waals surface area (Å²) in [7, 11) is 0. The lowest BCUT2D eigenvalue weighted by Gasteiger charge is -2.31. The van der Waals surface area contributed by atoms with Crippen LogP contribution in [-0.4, -0.2) is 59.9 Å². The minimum Gasteiger partial charge on any atom is -0.489 e. The highest BCUT2D eigenvalue weighted by molar-refractivity contribution is 6.31. The van der Waals surface area contributed by atoms with Crippen LogP contribution in [0.1, 0.15) is 5.69 Å². The number of carbonyl (C=O) groups is 1. The van der Waals surface area contributed by atoms with E-state index in [9.17, 15) is 4.79 Å². The molecule has 2 amide bonds. The number of ether oxygens (including phenoxy) is 2. The highest BCUT2D eigenvalue weighted by Crippen LogP contribution is 2.28. The summed E-state index contributed by atoms with van der Waals surface area (Å²) in [5.41, 5.74) is 1.17. The molecule has 2 heterocycles. The fourth-order valence-electron chi connectivity index (χ4n) is 2.76. The van der Waals surface area contributed by atoms with Crippen molar-refractivity contribution in [3.05, 3.63) is 41.3 Å². The van der Waals surface area contributed by atoms with Crippen molar-refractivity contribution in [2.45, 2.75) is 13.0 Å². The Morgan fingerprint density at radius 1 is 1.41 bits per heavy atom. The minimum atomic E-state index is -0.496. The molecule has 1 saturated heterocycles. The fraction of sp³-hybridized carbons (Fsp3) is 0.368. The van der Waals surface area contributed by atoms with Crippen LogP contribution in [0.5, 0.6) is 5.75 Å². The molecule has 0 spiro atoms. The van der Waals surface area contributed by atoms with E-state index in [-0.39, 0.29) is 12.7 Å². The molecule has 29 heavy (non-hydrogen) atoms. The highest BCUT2D eigenvalue weighted by atomic mass is 35.5. The number of nitrogens with zero attached hydrogens (tertiary/aromatic N) is 4. The third kappa shape index (κ3) is 6.29. The fourth-order valence-corrected chi connectivity index (χ4v) is 2.93. The van der Waals surface area contributed by atoms with E-state index in [1.807, 2.05) is 11.8 Å². The summed E-state index contributed by atoms with van der Waals surface area (Å²) in [5.74, 6) is 0.784. The molecule has 10 heteroatoms. The van der Waals surface area contributed by atoms with Gasteiger partial charge in [-0.3, -0.25) is 15.2 Å². The third-order valence-corrected chi connectivity index (χ3v) is 4.39. The van der Waals surface area contributed by atoms with Crippen molar-refractivity contribution in [3.8, 4) is 11.8 Å². The molecule has 0 aliphatic carbocycles. The smallest absolute Gasteiger partial charge is 0.325 e. The van der Waals surface area contributed by atoms with E-state index in [1.165, 1.54) is 6.20 Å². The number of benzene rings is 1. The van der Waals surface area contributed by atoms with Crippen molar-refractivity contribution in [1.82, 2.24) is 14.9 Å². The second-order valence-electron chi connectivity index (χ2n) is 6.46. The monoisotopic (exact) mass is 416 g/mol. The topological polar surface area (TPSA) is 112 Å². The molecular weight excluding hydrogens is 396 g/mol. The molecule has 9 nitrogen and oxygen atoms in total. The molecule has 1 atom stereocenters. The van der Waals surface area contributed by atoms with E-state index in [2.05, 4.69) is 26.7 Å². The zero-order valence-corrected chi connectivity index (χ0v) is 16.6. The average Bonchev–Trinajstić information content (AvgIpc) is 2.70. The maximum atomic E-state index is 12.3. The highest BCUT2D eigenvalue weighted by Gasteiger charge is 2.21. The maximum Gasteiger partial charge on any atom is 0.325 e. The number of hydrogen-bond acceptors (Lipinski definition) is 7. The van der Waals surface area contributed by atoms with Gasteiger partial charge < -0.3 is 14.8 Å². The van der Waals surface area contributed by atoms with Gasteiger partial charge in [0.1, 0.15) is 18.5 Å². The Morgan fingerprint density at radius 2 is 2.28 bits per heavy atom. The van der Waals surface area contributed by atoms with Gasteiger partial charge in [-0.1, -0.05) is 11.6 Å². The molecule has 1 aliphatic rings. The predicted molar refractivity (Wildman–Crippen MR) is 108 cm³/mol. The van der Waals surface area contributed by atoms with E-state index in [4.69, 9.17) is 26.3 Å². The van der Waals surface area contributed by atoms with Crippen LogP contribution in [0.4, 0.5) is 16.3 Å². The summed E-state index contributed by atoms with van der Waals surface area (Å²) in [6, 6.07) is 6.60. The van der Waals surface area contributed by atoms with Gasteiger partial charge in [-0.2, -0.15) is 5.26 Å². The van der Waals surface area contributed by atoms with E-state index < -0.39 is 6.03 Å². The minimum absolute atomic E-state index is 0.169. The quantitative estimate of drug-likeness (QED) is 0.696. The van der Waals surface area contributed by atoms with Gasteiger partial charge in [0, 0.05) is 18.1 Å². The predicted octanol–water partition coefficient (Wildman–Crippen LogP) is 2.69. The van der Waals surface area contributed by atoms with Crippen molar-refractivity contribution in [2.75, 3.05) is 43.5 Å². The molecule has 1 fully saturated rings. The molecule has 1 aromatic heterocycles. The van der Waals surface area contributed by atoms with Crippen molar-refractivity contribution >= 4 is 29.1 Å². The number of carbonyl (C=O) groups excluding carboxylic acids is 1. The number of morpholine rings is 1. The Labute approximate surface area is 173 Å². The summed E-state index contributed by atoms with van der Waals surface area (Å²) in [6.07, 6.45) is 2.86. The molecule has 0 radical (unpaired) electrons.